The first-order chi connectivity index (χ1) is 8.72. The molecule has 2 rings (SSSR count). The number of amides is 1. The van der Waals surface area contributed by atoms with Gasteiger partial charge in [-0.05, 0) is 31.7 Å². The highest BCUT2D eigenvalue weighted by molar-refractivity contribution is 5.94. The molecule has 0 bridgehead atoms. The smallest absolute Gasteiger partial charge is 0.335 e. The Morgan fingerprint density at radius 3 is 2.94 bits per heavy atom. The van der Waals surface area contributed by atoms with Crippen molar-refractivity contribution in [3.63, 3.8) is 0 Å². The number of hydrogen-bond donors (Lipinski definition) is 1. The van der Waals surface area contributed by atoms with Crippen LogP contribution < -0.4 is 5.63 Å². The van der Waals surface area contributed by atoms with E-state index in [2.05, 4.69) is 0 Å². The van der Waals surface area contributed by atoms with Crippen molar-refractivity contribution in [2.24, 2.45) is 0 Å². The minimum atomic E-state index is -0.461. The van der Waals surface area contributed by atoms with Crippen molar-refractivity contribution < 1.29 is 14.3 Å². The molecule has 1 saturated heterocycles. The predicted molar refractivity (Wildman–Crippen MR) is 65.4 cm³/mol. The summed E-state index contributed by atoms with van der Waals surface area (Å²) in [6, 6.07) is 2.82. The van der Waals surface area contributed by atoms with Gasteiger partial charge in [0.2, 0.25) is 0 Å². The fraction of sp³-hybridized carbons (Fsp3) is 0.538. The van der Waals surface area contributed by atoms with Crippen molar-refractivity contribution in [3.8, 4) is 0 Å². The van der Waals surface area contributed by atoms with Crippen molar-refractivity contribution in [2.45, 2.75) is 31.7 Å². The number of likely N-dealkylation sites (tertiary alicyclic amines) is 1. The maximum absolute atomic E-state index is 12.3. The van der Waals surface area contributed by atoms with Crippen LogP contribution in [0.4, 0.5) is 0 Å². The molecule has 1 aromatic heterocycles. The van der Waals surface area contributed by atoms with Crippen molar-refractivity contribution in [1.29, 1.82) is 0 Å². The maximum Gasteiger partial charge on any atom is 0.335 e. The van der Waals surface area contributed by atoms with Crippen LogP contribution in [0.5, 0.6) is 0 Å². The second-order valence-electron chi connectivity index (χ2n) is 4.50. The summed E-state index contributed by atoms with van der Waals surface area (Å²) in [5.41, 5.74) is -0.0726. The van der Waals surface area contributed by atoms with Gasteiger partial charge in [0, 0.05) is 25.3 Å². The van der Waals surface area contributed by atoms with Gasteiger partial charge < -0.3 is 14.4 Å². The molecule has 0 aliphatic carbocycles. The summed E-state index contributed by atoms with van der Waals surface area (Å²) in [6.45, 7) is 0.779. The van der Waals surface area contributed by atoms with Gasteiger partial charge in [-0.1, -0.05) is 0 Å². The summed E-state index contributed by atoms with van der Waals surface area (Å²) < 4.78 is 4.71. The largest absolute Gasteiger partial charge is 0.430 e. The number of aliphatic hydroxyl groups is 1. The van der Waals surface area contributed by atoms with E-state index in [1.807, 2.05) is 0 Å². The Morgan fingerprint density at radius 1 is 1.44 bits per heavy atom. The predicted octanol–water partition coefficient (Wildman–Crippen LogP) is 1.02. The Hall–Kier alpha value is -1.62. The molecule has 1 amide bonds. The molecule has 1 atom stereocenters. The lowest BCUT2D eigenvalue weighted by Crippen LogP contribution is -2.44. The van der Waals surface area contributed by atoms with E-state index in [-0.39, 0.29) is 18.6 Å². The summed E-state index contributed by atoms with van der Waals surface area (Å²) in [7, 11) is 0. The monoisotopic (exact) mass is 251 g/mol. The maximum atomic E-state index is 12.3. The second kappa shape index (κ2) is 5.82. The van der Waals surface area contributed by atoms with Crippen molar-refractivity contribution in [2.75, 3.05) is 13.2 Å². The summed E-state index contributed by atoms with van der Waals surface area (Å²) in [6.07, 6.45) is 4.78. The molecule has 1 aromatic rings. The topological polar surface area (TPSA) is 70.8 Å². The van der Waals surface area contributed by atoms with Gasteiger partial charge in [-0.3, -0.25) is 4.79 Å². The molecule has 0 saturated carbocycles. The molecule has 5 heteroatoms. The average Bonchev–Trinajstić information content (AvgIpc) is 2.40. The average molecular weight is 251 g/mol. The van der Waals surface area contributed by atoms with Gasteiger partial charge in [0.05, 0.1) is 5.56 Å². The van der Waals surface area contributed by atoms with E-state index in [0.717, 1.165) is 19.3 Å². The van der Waals surface area contributed by atoms with Crippen molar-refractivity contribution in [1.82, 2.24) is 4.90 Å². The lowest BCUT2D eigenvalue weighted by Gasteiger charge is -2.35. The standard InChI is InChI=1S/C13H17NO4/c15-8-6-11-3-1-2-7-14(11)13(17)10-4-5-12(16)18-9-10/h4-5,9,11,15H,1-3,6-8H2. The van der Waals surface area contributed by atoms with Crippen LogP contribution in [0.15, 0.2) is 27.6 Å². The first kappa shape index (κ1) is 12.8. The highest BCUT2D eigenvalue weighted by atomic mass is 16.4. The fourth-order valence-corrected chi connectivity index (χ4v) is 2.36. The summed E-state index contributed by atoms with van der Waals surface area (Å²) in [5, 5.41) is 9.03. The Morgan fingerprint density at radius 2 is 2.28 bits per heavy atom. The van der Waals surface area contributed by atoms with Gasteiger partial charge in [0.25, 0.3) is 5.91 Å². The van der Waals surface area contributed by atoms with E-state index in [4.69, 9.17) is 9.52 Å². The zero-order valence-corrected chi connectivity index (χ0v) is 10.2. The molecule has 1 aliphatic rings. The lowest BCUT2D eigenvalue weighted by molar-refractivity contribution is 0.0572. The van der Waals surface area contributed by atoms with Gasteiger partial charge in [-0.25, -0.2) is 4.79 Å². The van der Waals surface area contributed by atoms with Gasteiger partial charge in [0.15, 0.2) is 0 Å². The lowest BCUT2D eigenvalue weighted by atomic mass is 9.99. The van der Waals surface area contributed by atoms with Crippen LogP contribution in [0.2, 0.25) is 0 Å². The number of aliphatic hydroxyl groups excluding tert-OH is 1. The minimum Gasteiger partial charge on any atom is -0.430 e. The van der Waals surface area contributed by atoms with Crippen LogP contribution in [-0.4, -0.2) is 35.1 Å². The number of carbonyl (C=O) groups is 1. The summed E-state index contributed by atoms with van der Waals surface area (Å²) in [4.78, 5) is 24.9. The van der Waals surface area contributed by atoms with Crippen LogP contribution in [0, 0.1) is 0 Å². The SMILES string of the molecule is O=C(c1ccc(=O)oc1)N1CCCCC1CCO. The van der Waals surface area contributed by atoms with Crippen LogP contribution in [0.1, 0.15) is 36.0 Å². The molecule has 0 spiro atoms. The zero-order chi connectivity index (χ0) is 13.0. The summed E-state index contributed by atoms with van der Waals surface area (Å²) >= 11 is 0. The Bertz CT molecular complexity index is 446. The molecule has 0 radical (unpaired) electrons. The number of nitrogens with zero attached hydrogens (tertiary/aromatic N) is 1. The van der Waals surface area contributed by atoms with Crippen LogP contribution >= 0.6 is 0 Å². The van der Waals surface area contributed by atoms with Crippen LogP contribution in [-0.2, 0) is 0 Å². The van der Waals surface area contributed by atoms with Gasteiger partial charge in [-0.2, -0.15) is 0 Å². The van der Waals surface area contributed by atoms with Gasteiger partial charge in [0.1, 0.15) is 6.26 Å². The third kappa shape index (κ3) is 2.79. The molecular weight excluding hydrogens is 234 g/mol. The van der Waals surface area contributed by atoms with E-state index in [1.165, 1.54) is 18.4 Å². The molecular formula is C13H17NO4. The Kier molecular flexibility index (Phi) is 4.15. The first-order valence-corrected chi connectivity index (χ1v) is 6.23. The molecule has 98 valence electrons. The van der Waals surface area contributed by atoms with Gasteiger partial charge in [-0.15, -0.1) is 0 Å². The highest BCUT2D eigenvalue weighted by Crippen LogP contribution is 2.21. The number of piperidine rings is 1. The third-order valence-electron chi connectivity index (χ3n) is 3.30. The van der Waals surface area contributed by atoms with Gasteiger partial charge >= 0.3 is 5.63 Å². The minimum absolute atomic E-state index is 0.0817. The molecule has 2 heterocycles. The normalized spacial score (nSPS) is 19.8. The Balaban J connectivity index is 2.15. The number of hydrogen-bond acceptors (Lipinski definition) is 4. The first-order valence-electron chi connectivity index (χ1n) is 6.23. The molecule has 18 heavy (non-hydrogen) atoms. The van der Waals surface area contributed by atoms with Crippen LogP contribution in [0.25, 0.3) is 0 Å². The molecule has 1 N–H and O–H groups in total. The van der Waals surface area contributed by atoms with Crippen LogP contribution in [0.3, 0.4) is 0 Å². The quantitative estimate of drug-likeness (QED) is 0.870. The van der Waals surface area contributed by atoms with E-state index < -0.39 is 5.63 Å². The molecule has 1 aliphatic heterocycles. The molecule has 5 nitrogen and oxygen atoms in total. The molecule has 1 unspecified atom stereocenters. The van der Waals surface area contributed by atoms with E-state index >= 15 is 0 Å². The number of rotatable bonds is 3. The summed E-state index contributed by atoms with van der Waals surface area (Å²) in [5.74, 6) is -0.128. The van der Waals surface area contributed by atoms with E-state index in [9.17, 15) is 9.59 Å². The van der Waals surface area contributed by atoms with Crippen molar-refractivity contribution >= 4 is 5.91 Å². The van der Waals surface area contributed by atoms with E-state index in [1.54, 1.807) is 4.90 Å². The molecule has 0 aromatic carbocycles. The van der Waals surface area contributed by atoms with Crippen molar-refractivity contribution in [3.05, 3.63) is 34.4 Å². The molecule has 1 fully saturated rings. The fourth-order valence-electron chi connectivity index (χ4n) is 2.36. The highest BCUT2D eigenvalue weighted by Gasteiger charge is 2.27. The Labute approximate surface area is 105 Å². The third-order valence-corrected chi connectivity index (χ3v) is 3.30. The second-order valence-corrected chi connectivity index (χ2v) is 4.50. The number of carbonyl (C=O) groups excluding carboxylic acids is 1. The van der Waals surface area contributed by atoms with E-state index in [0.29, 0.717) is 18.5 Å². The zero-order valence-electron chi connectivity index (χ0n) is 10.2.